The molecule has 3 nitrogen and oxygen atoms in total. The van der Waals surface area contributed by atoms with E-state index < -0.39 is 0 Å². The van der Waals surface area contributed by atoms with Gasteiger partial charge in [0.15, 0.2) is 0 Å². The monoisotopic (exact) mass is 254 g/mol. The second-order valence-electron chi connectivity index (χ2n) is 4.75. The fraction of sp³-hybridized carbons (Fsp3) is 0.615. The third kappa shape index (κ3) is 3.11. The van der Waals surface area contributed by atoms with E-state index in [1.54, 1.807) is 6.20 Å². The summed E-state index contributed by atoms with van der Waals surface area (Å²) in [6.07, 6.45) is 6.83. The lowest BCUT2D eigenvalue weighted by Crippen LogP contribution is -2.28. The van der Waals surface area contributed by atoms with Crippen LogP contribution in [-0.4, -0.2) is 11.1 Å². The van der Waals surface area contributed by atoms with Gasteiger partial charge < -0.3 is 10.5 Å². The molecule has 1 aromatic heterocycles. The van der Waals surface area contributed by atoms with E-state index in [1.165, 1.54) is 19.3 Å². The first kappa shape index (κ1) is 12.7. The molecule has 1 aromatic rings. The van der Waals surface area contributed by atoms with E-state index in [4.69, 9.17) is 22.1 Å². The van der Waals surface area contributed by atoms with Crippen LogP contribution in [-0.2, 0) is 6.54 Å². The van der Waals surface area contributed by atoms with Crippen molar-refractivity contribution in [1.29, 1.82) is 0 Å². The highest BCUT2D eigenvalue weighted by Gasteiger charge is 2.24. The molecule has 1 fully saturated rings. The molecular weight excluding hydrogens is 236 g/mol. The van der Waals surface area contributed by atoms with E-state index in [0.29, 0.717) is 23.4 Å². The zero-order valence-corrected chi connectivity index (χ0v) is 10.9. The molecule has 1 aliphatic carbocycles. The van der Waals surface area contributed by atoms with Gasteiger partial charge in [0, 0.05) is 12.7 Å². The van der Waals surface area contributed by atoms with Crippen molar-refractivity contribution in [3.05, 3.63) is 22.8 Å². The SMILES string of the molecule is CC1CCCCC1Oc1ncc(CN)cc1Cl. The summed E-state index contributed by atoms with van der Waals surface area (Å²) in [5.74, 6) is 1.12. The quantitative estimate of drug-likeness (QED) is 0.902. The molecule has 1 heterocycles. The molecule has 2 rings (SSSR count). The van der Waals surface area contributed by atoms with Crippen molar-refractivity contribution in [3.8, 4) is 5.88 Å². The molecule has 2 atom stereocenters. The highest BCUT2D eigenvalue weighted by Crippen LogP contribution is 2.30. The number of hydrogen-bond acceptors (Lipinski definition) is 3. The van der Waals surface area contributed by atoms with Gasteiger partial charge in [-0.3, -0.25) is 0 Å². The third-order valence-electron chi connectivity index (χ3n) is 3.40. The minimum absolute atomic E-state index is 0.248. The number of hydrogen-bond donors (Lipinski definition) is 1. The van der Waals surface area contributed by atoms with Crippen LogP contribution in [0.1, 0.15) is 38.2 Å². The van der Waals surface area contributed by atoms with Crippen molar-refractivity contribution in [2.24, 2.45) is 11.7 Å². The highest BCUT2D eigenvalue weighted by atomic mass is 35.5. The first-order chi connectivity index (χ1) is 8.20. The summed E-state index contributed by atoms with van der Waals surface area (Å²) in [7, 11) is 0. The van der Waals surface area contributed by atoms with Crippen molar-refractivity contribution >= 4 is 11.6 Å². The number of halogens is 1. The van der Waals surface area contributed by atoms with Gasteiger partial charge in [0.1, 0.15) is 11.1 Å². The molecule has 1 aliphatic rings. The van der Waals surface area contributed by atoms with E-state index in [0.717, 1.165) is 12.0 Å². The van der Waals surface area contributed by atoms with Crippen LogP contribution in [0.4, 0.5) is 0 Å². The molecule has 17 heavy (non-hydrogen) atoms. The number of aromatic nitrogens is 1. The molecule has 2 N–H and O–H groups in total. The first-order valence-corrected chi connectivity index (χ1v) is 6.59. The summed E-state index contributed by atoms with van der Waals surface area (Å²) in [5.41, 5.74) is 6.47. The standard InChI is InChI=1S/C13H19ClN2O/c1-9-4-2-3-5-12(9)17-13-11(14)6-10(7-15)8-16-13/h6,8-9,12H,2-5,7,15H2,1H3. The smallest absolute Gasteiger partial charge is 0.232 e. The number of rotatable bonds is 3. The molecule has 1 saturated carbocycles. The van der Waals surface area contributed by atoms with E-state index in [1.807, 2.05) is 6.07 Å². The van der Waals surface area contributed by atoms with Crippen molar-refractivity contribution in [3.63, 3.8) is 0 Å². The Kier molecular flexibility index (Phi) is 4.24. The minimum Gasteiger partial charge on any atom is -0.473 e. The second kappa shape index (κ2) is 5.69. The summed E-state index contributed by atoms with van der Waals surface area (Å²) in [6.45, 7) is 2.68. The number of nitrogens with two attached hydrogens (primary N) is 1. The van der Waals surface area contributed by atoms with Crippen LogP contribution in [0.3, 0.4) is 0 Å². The van der Waals surface area contributed by atoms with Crippen LogP contribution >= 0.6 is 11.6 Å². The van der Waals surface area contributed by atoms with Gasteiger partial charge in [-0.2, -0.15) is 0 Å². The first-order valence-electron chi connectivity index (χ1n) is 6.22. The van der Waals surface area contributed by atoms with Crippen LogP contribution in [0, 0.1) is 5.92 Å². The summed E-state index contributed by atoms with van der Waals surface area (Å²) in [4.78, 5) is 4.24. The van der Waals surface area contributed by atoms with Crippen molar-refractivity contribution < 1.29 is 4.74 Å². The Bertz CT molecular complexity index is 384. The Morgan fingerprint density at radius 2 is 2.24 bits per heavy atom. The summed E-state index contributed by atoms with van der Waals surface area (Å²) >= 11 is 6.13. The highest BCUT2D eigenvalue weighted by molar-refractivity contribution is 6.31. The largest absolute Gasteiger partial charge is 0.473 e. The lowest BCUT2D eigenvalue weighted by molar-refractivity contribution is 0.0977. The van der Waals surface area contributed by atoms with Crippen LogP contribution in [0.5, 0.6) is 5.88 Å². The van der Waals surface area contributed by atoms with Gasteiger partial charge in [0.25, 0.3) is 0 Å². The van der Waals surface area contributed by atoms with Gasteiger partial charge >= 0.3 is 0 Å². The van der Waals surface area contributed by atoms with Crippen LogP contribution in [0.15, 0.2) is 12.3 Å². The molecule has 0 aliphatic heterocycles. The van der Waals surface area contributed by atoms with E-state index in [-0.39, 0.29) is 6.10 Å². The molecule has 0 radical (unpaired) electrons. The summed E-state index contributed by atoms with van der Waals surface area (Å²) in [6, 6.07) is 1.83. The Balaban J connectivity index is 2.07. The van der Waals surface area contributed by atoms with Crippen molar-refractivity contribution in [1.82, 2.24) is 4.98 Å². The van der Waals surface area contributed by atoms with E-state index in [9.17, 15) is 0 Å². The Morgan fingerprint density at radius 1 is 1.47 bits per heavy atom. The third-order valence-corrected chi connectivity index (χ3v) is 3.67. The predicted octanol–water partition coefficient (Wildman–Crippen LogP) is 3.15. The van der Waals surface area contributed by atoms with Gasteiger partial charge in [0.2, 0.25) is 5.88 Å². The van der Waals surface area contributed by atoms with E-state index >= 15 is 0 Å². The van der Waals surface area contributed by atoms with Crippen LogP contribution in [0.25, 0.3) is 0 Å². The Labute approximate surface area is 107 Å². The number of pyridine rings is 1. The maximum Gasteiger partial charge on any atom is 0.232 e. The fourth-order valence-electron chi connectivity index (χ4n) is 2.26. The predicted molar refractivity (Wildman–Crippen MR) is 69.2 cm³/mol. The van der Waals surface area contributed by atoms with Gasteiger partial charge in [-0.05, 0) is 36.8 Å². The maximum atomic E-state index is 6.13. The zero-order valence-electron chi connectivity index (χ0n) is 10.2. The zero-order chi connectivity index (χ0) is 12.3. The molecule has 2 unspecified atom stereocenters. The summed E-state index contributed by atoms with van der Waals surface area (Å²) in [5, 5.41) is 0.561. The maximum absolute atomic E-state index is 6.13. The molecule has 0 bridgehead atoms. The topological polar surface area (TPSA) is 48.1 Å². The van der Waals surface area contributed by atoms with Gasteiger partial charge in [0.05, 0.1) is 0 Å². The molecule has 4 heteroatoms. The van der Waals surface area contributed by atoms with Crippen LogP contribution < -0.4 is 10.5 Å². The molecule has 0 saturated heterocycles. The normalized spacial score (nSPS) is 24.6. The number of ether oxygens (including phenoxy) is 1. The van der Waals surface area contributed by atoms with Crippen molar-refractivity contribution in [2.45, 2.75) is 45.3 Å². The van der Waals surface area contributed by atoms with Crippen LogP contribution in [0.2, 0.25) is 5.02 Å². The van der Waals surface area contributed by atoms with Crippen molar-refractivity contribution in [2.75, 3.05) is 0 Å². The molecule has 0 aromatic carbocycles. The Morgan fingerprint density at radius 3 is 2.88 bits per heavy atom. The molecule has 0 amide bonds. The Hall–Kier alpha value is -0.800. The average Bonchev–Trinajstić information content (AvgIpc) is 2.34. The minimum atomic E-state index is 0.248. The van der Waals surface area contributed by atoms with Gasteiger partial charge in [-0.25, -0.2) is 4.98 Å². The fourth-order valence-corrected chi connectivity index (χ4v) is 2.50. The van der Waals surface area contributed by atoms with Gasteiger partial charge in [-0.15, -0.1) is 0 Å². The average molecular weight is 255 g/mol. The lowest BCUT2D eigenvalue weighted by atomic mass is 9.88. The summed E-state index contributed by atoms with van der Waals surface area (Å²) < 4.78 is 5.91. The molecule has 0 spiro atoms. The van der Waals surface area contributed by atoms with Gasteiger partial charge in [-0.1, -0.05) is 24.9 Å². The van der Waals surface area contributed by atoms with E-state index in [2.05, 4.69) is 11.9 Å². The second-order valence-corrected chi connectivity index (χ2v) is 5.16. The molecule has 94 valence electrons. The lowest BCUT2D eigenvalue weighted by Gasteiger charge is -2.29. The number of nitrogens with zero attached hydrogens (tertiary/aromatic N) is 1. The molecular formula is C13H19ClN2O.